The maximum atomic E-state index is 13.2. The van der Waals surface area contributed by atoms with Crippen LogP contribution in [0.15, 0.2) is 41.4 Å². The molecule has 8 nitrogen and oxygen atoms in total. The van der Waals surface area contributed by atoms with Crippen molar-refractivity contribution < 1.29 is 17.9 Å². The Morgan fingerprint density at radius 1 is 1.06 bits per heavy atom. The molecule has 1 aromatic heterocycles. The number of aryl methyl sites for hydroxylation is 1. The third-order valence-corrected chi connectivity index (χ3v) is 7.78. The van der Waals surface area contributed by atoms with E-state index >= 15 is 0 Å². The van der Waals surface area contributed by atoms with Gasteiger partial charge in [0.05, 0.1) is 7.11 Å². The molecule has 2 aromatic rings. The van der Waals surface area contributed by atoms with E-state index in [2.05, 4.69) is 4.90 Å². The summed E-state index contributed by atoms with van der Waals surface area (Å²) in [5.41, 5.74) is 1.49. The maximum absolute atomic E-state index is 13.2. The highest BCUT2D eigenvalue weighted by Crippen LogP contribution is 2.23. The lowest BCUT2D eigenvalue weighted by Gasteiger charge is -2.24. The van der Waals surface area contributed by atoms with Crippen LogP contribution in [0, 0.1) is 0 Å². The standard InChI is InChI=1S/C22H32N4O4S/c1-5-26(6-2)31(28,29)20-16-21(23(3)17-20)22(27)25-13-7-12-24(14-15-25)18-8-10-19(30-4)11-9-18/h8-11,16-17H,5-7,12-15H2,1-4H3. The first-order chi connectivity index (χ1) is 14.8. The maximum Gasteiger partial charge on any atom is 0.270 e. The third-order valence-electron chi connectivity index (χ3n) is 5.76. The monoisotopic (exact) mass is 448 g/mol. The number of hydrogen-bond acceptors (Lipinski definition) is 5. The minimum Gasteiger partial charge on any atom is -0.497 e. The number of carbonyl (C=O) groups is 1. The zero-order chi connectivity index (χ0) is 22.6. The zero-order valence-electron chi connectivity index (χ0n) is 18.7. The van der Waals surface area contributed by atoms with Gasteiger partial charge in [-0.15, -0.1) is 0 Å². The van der Waals surface area contributed by atoms with Crippen LogP contribution in [0.25, 0.3) is 0 Å². The Kier molecular flexibility index (Phi) is 7.27. The molecule has 170 valence electrons. The highest BCUT2D eigenvalue weighted by molar-refractivity contribution is 7.89. The van der Waals surface area contributed by atoms with Crippen LogP contribution < -0.4 is 9.64 Å². The molecule has 31 heavy (non-hydrogen) atoms. The number of hydrogen-bond donors (Lipinski definition) is 0. The fraction of sp³-hybridized carbons (Fsp3) is 0.500. The molecule has 1 amide bonds. The van der Waals surface area contributed by atoms with Crippen LogP contribution in [-0.4, -0.2) is 74.5 Å². The molecule has 1 aliphatic heterocycles. The normalized spacial score (nSPS) is 15.3. The fourth-order valence-corrected chi connectivity index (χ4v) is 5.46. The van der Waals surface area contributed by atoms with Crippen molar-refractivity contribution in [2.75, 3.05) is 51.3 Å². The Bertz CT molecular complexity index is 997. The summed E-state index contributed by atoms with van der Waals surface area (Å²) in [4.78, 5) is 17.4. The van der Waals surface area contributed by atoms with E-state index in [4.69, 9.17) is 4.74 Å². The molecule has 1 aliphatic rings. The molecule has 0 N–H and O–H groups in total. The smallest absolute Gasteiger partial charge is 0.270 e. The average Bonchev–Trinajstić information content (AvgIpc) is 3.01. The number of sulfonamides is 1. The minimum absolute atomic E-state index is 0.139. The van der Waals surface area contributed by atoms with Gasteiger partial charge in [-0.25, -0.2) is 8.42 Å². The van der Waals surface area contributed by atoms with E-state index in [1.54, 1.807) is 18.7 Å². The number of anilines is 1. The average molecular weight is 449 g/mol. The van der Waals surface area contributed by atoms with E-state index in [0.717, 1.165) is 24.4 Å². The fourth-order valence-electron chi connectivity index (χ4n) is 3.93. The van der Waals surface area contributed by atoms with E-state index in [9.17, 15) is 13.2 Å². The number of carbonyl (C=O) groups excluding carboxylic acids is 1. The molecule has 2 heterocycles. The summed E-state index contributed by atoms with van der Waals surface area (Å²) >= 11 is 0. The summed E-state index contributed by atoms with van der Waals surface area (Å²) in [6, 6.07) is 9.42. The molecule has 0 unspecified atom stereocenters. The molecule has 9 heteroatoms. The quantitative estimate of drug-likeness (QED) is 0.650. The molecule has 0 atom stereocenters. The van der Waals surface area contributed by atoms with E-state index in [-0.39, 0.29) is 10.8 Å². The molecular formula is C22H32N4O4S. The van der Waals surface area contributed by atoms with Crippen molar-refractivity contribution in [3.05, 3.63) is 42.2 Å². The number of ether oxygens (including phenoxy) is 1. The van der Waals surface area contributed by atoms with Crippen molar-refractivity contribution >= 4 is 21.6 Å². The van der Waals surface area contributed by atoms with Gasteiger partial charge in [-0.3, -0.25) is 4.79 Å². The molecule has 0 bridgehead atoms. The lowest BCUT2D eigenvalue weighted by atomic mass is 10.2. The third kappa shape index (κ3) is 4.88. The molecule has 0 aliphatic carbocycles. The molecular weight excluding hydrogens is 416 g/mol. The summed E-state index contributed by atoms with van der Waals surface area (Å²) in [6.45, 7) is 7.18. The van der Waals surface area contributed by atoms with Crippen LogP contribution in [0.4, 0.5) is 5.69 Å². The number of methoxy groups -OCH3 is 1. The predicted molar refractivity (Wildman–Crippen MR) is 121 cm³/mol. The predicted octanol–water partition coefficient (Wildman–Crippen LogP) is 2.42. The first-order valence-corrected chi connectivity index (χ1v) is 12.1. The van der Waals surface area contributed by atoms with E-state index < -0.39 is 10.0 Å². The van der Waals surface area contributed by atoms with Crippen LogP contribution in [0.2, 0.25) is 0 Å². The number of amides is 1. The number of nitrogens with zero attached hydrogens (tertiary/aromatic N) is 4. The Morgan fingerprint density at radius 3 is 2.35 bits per heavy atom. The van der Waals surface area contributed by atoms with Gasteiger partial charge in [-0.05, 0) is 36.8 Å². The van der Waals surface area contributed by atoms with Crippen molar-refractivity contribution in [1.82, 2.24) is 13.8 Å². The van der Waals surface area contributed by atoms with Gasteiger partial charge < -0.3 is 19.1 Å². The first kappa shape index (κ1) is 23.1. The van der Waals surface area contributed by atoms with E-state index in [1.165, 1.54) is 16.6 Å². The lowest BCUT2D eigenvalue weighted by Crippen LogP contribution is -2.36. The minimum atomic E-state index is -3.60. The summed E-state index contributed by atoms with van der Waals surface area (Å²) in [6.07, 6.45) is 2.37. The van der Waals surface area contributed by atoms with Crippen LogP contribution in [0.3, 0.4) is 0 Å². The van der Waals surface area contributed by atoms with Gasteiger partial charge >= 0.3 is 0 Å². The van der Waals surface area contributed by atoms with Gasteiger partial charge in [0.2, 0.25) is 10.0 Å². The summed E-state index contributed by atoms with van der Waals surface area (Å²) in [7, 11) is -0.238. The molecule has 0 spiro atoms. The Hall–Kier alpha value is -2.52. The van der Waals surface area contributed by atoms with Crippen LogP contribution in [-0.2, 0) is 17.1 Å². The Balaban J connectivity index is 1.74. The summed E-state index contributed by atoms with van der Waals surface area (Å²) in [5.74, 6) is 0.676. The van der Waals surface area contributed by atoms with Crippen molar-refractivity contribution in [2.24, 2.45) is 7.05 Å². The number of rotatable bonds is 7. The van der Waals surface area contributed by atoms with Crippen molar-refractivity contribution in [3.63, 3.8) is 0 Å². The molecule has 1 fully saturated rings. The highest BCUT2D eigenvalue weighted by atomic mass is 32.2. The molecule has 0 saturated carbocycles. The van der Waals surface area contributed by atoms with Crippen LogP contribution >= 0.6 is 0 Å². The van der Waals surface area contributed by atoms with Gasteiger partial charge in [0, 0.05) is 58.2 Å². The van der Waals surface area contributed by atoms with Crippen molar-refractivity contribution in [2.45, 2.75) is 25.2 Å². The summed E-state index contributed by atoms with van der Waals surface area (Å²) in [5, 5.41) is 0. The SMILES string of the molecule is CCN(CC)S(=O)(=O)c1cc(C(=O)N2CCCN(c3ccc(OC)cc3)CC2)n(C)c1. The largest absolute Gasteiger partial charge is 0.497 e. The number of aromatic nitrogens is 1. The Morgan fingerprint density at radius 2 is 1.74 bits per heavy atom. The van der Waals surface area contributed by atoms with Crippen LogP contribution in [0.5, 0.6) is 5.75 Å². The van der Waals surface area contributed by atoms with Crippen molar-refractivity contribution in [1.29, 1.82) is 0 Å². The van der Waals surface area contributed by atoms with E-state index in [0.29, 0.717) is 38.4 Å². The molecule has 1 aromatic carbocycles. The highest BCUT2D eigenvalue weighted by Gasteiger charge is 2.28. The number of benzene rings is 1. The first-order valence-electron chi connectivity index (χ1n) is 10.7. The van der Waals surface area contributed by atoms with E-state index in [1.807, 2.05) is 43.0 Å². The van der Waals surface area contributed by atoms with Gasteiger partial charge in [0.15, 0.2) is 0 Å². The topological polar surface area (TPSA) is 75.1 Å². The lowest BCUT2D eigenvalue weighted by molar-refractivity contribution is 0.0757. The Labute approximate surface area is 185 Å². The molecule has 3 rings (SSSR count). The van der Waals surface area contributed by atoms with Gasteiger partial charge in [0.1, 0.15) is 16.3 Å². The molecule has 0 radical (unpaired) electrons. The summed E-state index contributed by atoms with van der Waals surface area (Å²) < 4.78 is 33.9. The van der Waals surface area contributed by atoms with Crippen molar-refractivity contribution in [3.8, 4) is 5.75 Å². The van der Waals surface area contributed by atoms with Gasteiger partial charge in [-0.2, -0.15) is 4.31 Å². The second-order valence-electron chi connectivity index (χ2n) is 7.59. The second kappa shape index (κ2) is 9.74. The second-order valence-corrected chi connectivity index (χ2v) is 9.53. The molecule has 1 saturated heterocycles. The zero-order valence-corrected chi connectivity index (χ0v) is 19.6. The van der Waals surface area contributed by atoms with Gasteiger partial charge in [-0.1, -0.05) is 13.8 Å². The van der Waals surface area contributed by atoms with Gasteiger partial charge in [0.25, 0.3) is 5.91 Å². The van der Waals surface area contributed by atoms with Crippen LogP contribution in [0.1, 0.15) is 30.8 Å².